The summed E-state index contributed by atoms with van der Waals surface area (Å²) in [4.78, 5) is 54.4. The molecule has 55 heavy (non-hydrogen) atoms. The van der Waals surface area contributed by atoms with Crippen LogP contribution in [-0.2, 0) is 54.5 Å². The van der Waals surface area contributed by atoms with Crippen molar-refractivity contribution in [2.75, 3.05) is 64.1 Å². The van der Waals surface area contributed by atoms with Gasteiger partial charge >= 0.3 is 11.9 Å². The van der Waals surface area contributed by atoms with E-state index in [4.69, 9.17) is 28.8 Å². The Hall–Kier alpha value is -4.03. The van der Waals surface area contributed by atoms with Crippen molar-refractivity contribution in [3.63, 3.8) is 0 Å². The van der Waals surface area contributed by atoms with Crippen molar-refractivity contribution in [3.8, 4) is 0 Å². The minimum Gasteiger partial charge on any atom is -0.480 e. The number of nitrogens with one attached hydrogen (secondary N) is 2. The summed E-state index contributed by atoms with van der Waals surface area (Å²) in [6.07, 6.45) is 11.8. The van der Waals surface area contributed by atoms with Crippen LogP contribution in [0.15, 0.2) is 41.6 Å². The van der Waals surface area contributed by atoms with Gasteiger partial charge in [0.1, 0.15) is 18.8 Å². The molecule has 0 unspecified atom stereocenters. The number of unbranched alkanes of at least 4 members (excludes halogenated alkanes) is 6. The molecule has 2 rings (SSSR count). The van der Waals surface area contributed by atoms with Gasteiger partial charge < -0.3 is 34.1 Å². The standard InChI is InChI=1S/C38H58N4O12S/c1-38(2,3)54-35(46)14-10-8-6-4-5-7-9-12-30-15-17-33(18-16-30)55(48,49)42-37-40-26-31(27-41-37)36(47)39-19-21-51-23-24-52-28-32(43)13-11-20-50-22-25-53-29-34(44)45/h15-18,26-27H,4-14,19-25,28-29H2,1-3H3,(H,39,47)(H,44,45)(H,40,41,42). The monoisotopic (exact) mass is 794 g/mol. The summed E-state index contributed by atoms with van der Waals surface area (Å²) in [6, 6.07) is 6.69. The summed E-state index contributed by atoms with van der Waals surface area (Å²) in [6.45, 7) is 6.80. The van der Waals surface area contributed by atoms with E-state index < -0.39 is 27.5 Å². The second-order valence-corrected chi connectivity index (χ2v) is 15.4. The number of carbonyl (C=O) groups excluding carboxylic acids is 3. The smallest absolute Gasteiger partial charge is 0.329 e. The Balaban J connectivity index is 1.53. The van der Waals surface area contributed by atoms with Gasteiger partial charge in [-0.1, -0.05) is 44.2 Å². The molecule has 0 atom stereocenters. The Morgan fingerprint density at radius 1 is 0.709 bits per heavy atom. The number of nitrogens with zero attached hydrogens (tertiary/aromatic N) is 2. The first-order valence-electron chi connectivity index (χ1n) is 18.7. The molecule has 0 aliphatic rings. The number of ketones is 1. The van der Waals surface area contributed by atoms with E-state index in [9.17, 15) is 27.6 Å². The third-order valence-corrected chi connectivity index (χ3v) is 8.99. The van der Waals surface area contributed by atoms with E-state index in [2.05, 4.69) is 20.0 Å². The van der Waals surface area contributed by atoms with Gasteiger partial charge in [0.15, 0.2) is 5.78 Å². The minimum atomic E-state index is -3.93. The highest BCUT2D eigenvalue weighted by atomic mass is 32.2. The first kappa shape index (κ1) is 47.1. The first-order chi connectivity index (χ1) is 26.2. The molecule has 0 saturated heterocycles. The number of hydrogen-bond acceptors (Lipinski definition) is 13. The molecule has 0 spiro atoms. The maximum atomic E-state index is 12.9. The van der Waals surface area contributed by atoms with Gasteiger partial charge in [0.05, 0.1) is 43.5 Å². The van der Waals surface area contributed by atoms with Crippen LogP contribution in [0.4, 0.5) is 5.95 Å². The van der Waals surface area contributed by atoms with Gasteiger partial charge in [-0.15, -0.1) is 0 Å². The Labute approximate surface area is 324 Å². The molecule has 0 aliphatic carbocycles. The predicted molar refractivity (Wildman–Crippen MR) is 203 cm³/mol. The fourth-order valence-electron chi connectivity index (χ4n) is 4.95. The van der Waals surface area contributed by atoms with Crippen LogP contribution in [0.5, 0.6) is 0 Å². The number of amides is 1. The summed E-state index contributed by atoms with van der Waals surface area (Å²) in [5.41, 5.74) is 0.750. The second kappa shape index (κ2) is 26.7. The number of aryl methyl sites for hydroxylation is 1. The number of aliphatic carboxylic acids is 1. The van der Waals surface area contributed by atoms with E-state index in [-0.39, 0.29) is 81.0 Å². The maximum absolute atomic E-state index is 12.9. The number of carboxylic acid groups (broad SMARTS) is 1. The van der Waals surface area contributed by atoms with Gasteiger partial charge in [-0.05, 0) is 64.2 Å². The number of hydrogen-bond donors (Lipinski definition) is 3. The summed E-state index contributed by atoms with van der Waals surface area (Å²) < 4.78 is 54.2. The van der Waals surface area contributed by atoms with Crippen LogP contribution >= 0.6 is 0 Å². The second-order valence-electron chi connectivity index (χ2n) is 13.7. The largest absolute Gasteiger partial charge is 0.480 e. The molecule has 1 aromatic carbocycles. The highest BCUT2D eigenvalue weighted by Gasteiger charge is 2.17. The van der Waals surface area contributed by atoms with Crippen LogP contribution < -0.4 is 10.0 Å². The molecule has 1 aromatic heterocycles. The minimum absolute atomic E-state index is 0.0512. The molecule has 1 heterocycles. The summed E-state index contributed by atoms with van der Waals surface area (Å²) in [5.74, 6) is -1.88. The van der Waals surface area contributed by atoms with Crippen LogP contribution in [0.3, 0.4) is 0 Å². The van der Waals surface area contributed by atoms with Crippen LogP contribution in [0.1, 0.15) is 101 Å². The number of esters is 1. The lowest BCUT2D eigenvalue weighted by Gasteiger charge is -2.19. The van der Waals surface area contributed by atoms with Crippen molar-refractivity contribution in [1.29, 1.82) is 0 Å². The number of carboxylic acids is 1. The van der Waals surface area contributed by atoms with Gasteiger partial charge in [0.2, 0.25) is 5.95 Å². The van der Waals surface area contributed by atoms with Crippen molar-refractivity contribution in [1.82, 2.24) is 15.3 Å². The average molecular weight is 795 g/mol. The van der Waals surface area contributed by atoms with Crippen molar-refractivity contribution in [3.05, 3.63) is 47.8 Å². The molecule has 17 heteroatoms. The van der Waals surface area contributed by atoms with Crippen LogP contribution in [0.25, 0.3) is 0 Å². The van der Waals surface area contributed by atoms with Gasteiger partial charge in [0.25, 0.3) is 15.9 Å². The molecular formula is C38H58N4O12S. The SMILES string of the molecule is CC(C)(C)OC(=O)CCCCCCCCCc1ccc(S(=O)(=O)Nc2ncc(C(=O)NCCOCCOCC(=O)CCCOCCOCC(=O)O)cn2)cc1. The molecule has 0 aliphatic heterocycles. The van der Waals surface area contributed by atoms with E-state index in [0.29, 0.717) is 25.9 Å². The lowest BCUT2D eigenvalue weighted by molar-refractivity contribution is -0.155. The molecule has 2 aromatic rings. The third kappa shape index (κ3) is 23.5. The molecular weight excluding hydrogens is 737 g/mol. The Morgan fingerprint density at radius 3 is 1.93 bits per heavy atom. The lowest BCUT2D eigenvalue weighted by atomic mass is 10.0. The van der Waals surface area contributed by atoms with Crippen molar-refractivity contribution >= 4 is 39.6 Å². The lowest BCUT2D eigenvalue weighted by Crippen LogP contribution is -2.28. The maximum Gasteiger partial charge on any atom is 0.329 e. The molecule has 0 bridgehead atoms. The highest BCUT2D eigenvalue weighted by molar-refractivity contribution is 7.92. The molecule has 0 fully saturated rings. The molecule has 16 nitrogen and oxygen atoms in total. The van der Waals surface area contributed by atoms with Crippen LogP contribution in [-0.4, -0.2) is 112 Å². The van der Waals surface area contributed by atoms with Crippen molar-refractivity contribution in [2.45, 2.75) is 102 Å². The topological polar surface area (TPSA) is 219 Å². The van der Waals surface area contributed by atoms with Gasteiger partial charge in [-0.2, -0.15) is 0 Å². The van der Waals surface area contributed by atoms with E-state index in [0.717, 1.165) is 56.9 Å². The summed E-state index contributed by atoms with van der Waals surface area (Å²) >= 11 is 0. The normalized spacial score (nSPS) is 11.6. The summed E-state index contributed by atoms with van der Waals surface area (Å²) in [7, 11) is -3.93. The number of carbonyl (C=O) groups is 4. The van der Waals surface area contributed by atoms with Crippen LogP contribution in [0, 0.1) is 0 Å². The predicted octanol–water partition coefficient (Wildman–Crippen LogP) is 4.51. The zero-order valence-electron chi connectivity index (χ0n) is 32.3. The number of rotatable bonds is 31. The zero-order valence-corrected chi connectivity index (χ0v) is 33.2. The Kier molecular flexibility index (Phi) is 22.9. The van der Waals surface area contributed by atoms with E-state index in [1.165, 1.54) is 12.4 Å². The Bertz CT molecular complexity index is 1530. The van der Waals surface area contributed by atoms with Gasteiger partial charge in [-0.25, -0.2) is 27.9 Å². The molecule has 0 saturated carbocycles. The molecule has 0 radical (unpaired) electrons. The number of sulfonamides is 1. The number of Topliss-reactive ketones (excluding diaryl/α,β-unsaturated/α-hetero) is 1. The van der Waals surface area contributed by atoms with E-state index in [1.807, 2.05) is 20.8 Å². The molecule has 1 amide bonds. The van der Waals surface area contributed by atoms with Gasteiger partial charge in [0, 0.05) is 38.4 Å². The fourth-order valence-corrected chi connectivity index (χ4v) is 5.91. The van der Waals surface area contributed by atoms with E-state index >= 15 is 0 Å². The average Bonchev–Trinajstić information content (AvgIpc) is 3.12. The zero-order chi connectivity index (χ0) is 40.4. The molecule has 3 N–H and O–H groups in total. The molecule has 308 valence electrons. The van der Waals surface area contributed by atoms with Gasteiger partial charge in [-0.3, -0.25) is 14.4 Å². The van der Waals surface area contributed by atoms with Crippen molar-refractivity contribution < 1.29 is 56.4 Å². The third-order valence-electron chi connectivity index (χ3n) is 7.65. The number of benzene rings is 1. The number of aromatic nitrogens is 2. The van der Waals surface area contributed by atoms with Crippen molar-refractivity contribution in [2.24, 2.45) is 0 Å². The highest BCUT2D eigenvalue weighted by Crippen LogP contribution is 2.17. The summed E-state index contributed by atoms with van der Waals surface area (Å²) in [5, 5.41) is 11.1. The van der Waals surface area contributed by atoms with E-state index in [1.54, 1.807) is 24.3 Å². The number of anilines is 1. The van der Waals surface area contributed by atoms with Crippen LogP contribution in [0.2, 0.25) is 0 Å². The number of ether oxygens (including phenoxy) is 5. The first-order valence-corrected chi connectivity index (χ1v) is 20.2. The quantitative estimate of drug-likeness (QED) is 0.0707. The fraction of sp³-hybridized carbons (Fsp3) is 0.632. The Morgan fingerprint density at radius 2 is 1.29 bits per heavy atom.